The van der Waals surface area contributed by atoms with Crippen LogP contribution in [-0.2, 0) is 4.79 Å². The van der Waals surface area contributed by atoms with Crippen LogP contribution in [0.1, 0.15) is 23.3 Å². The fourth-order valence-corrected chi connectivity index (χ4v) is 1.96. The fourth-order valence-electron chi connectivity index (χ4n) is 1.96. The lowest BCUT2D eigenvalue weighted by atomic mass is 10.1. The maximum Gasteiger partial charge on any atom is 0.254 e. The SMILES string of the molecule is O=C(N[C@@H](CO)c1ccccc1)[C@H](O)c1ccccc1. The van der Waals surface area contributed by atoms with Crippen molar-refractivity contribution in [2.24, 2.45) is 0 Å². The second kappa shape index (κ2) is 6.84. The molecule has 0 heterocycles. The van der Waals surface area contributed by atoms with Gasteiger partial charge in [-0.05, 0) is 11.1 Å². The second-order valence-electron chi connectivity index (χ2n) is 4.47. The van der Waals surface area contributed by atoms with Crippen LogP contribution in [0.5, 0.6) is 0 Å². The predicted molar refractivity (Wildman–Crippen MR) is 75.8 cm³/mol. The van der Waals surface area contributed by atoms with Crippen LogP contribution in [0.2, 0.25) is 0 Å². The Morgan fingerprint density at radius 3 is 1.95 bits per heavy atom. The third kappa shape index (κ3) is 3.44. The van der Waals surface area contributed by atoms with Gasteiger partial charge in [-0.15, -0.1) is 0 Å². The van der Waals surface area contributed by atoms with E-state index in [9.17, 15) is 15.0 Å². The van der Waals surface area contributed by atoms with Gasteiger partial charge in [0, 0.05) is 0 Å². The van der Waals surface area contributed by atoms with E-state index in [2.05, 4.69) is 5.32 Å². The third-order valence-corrected chi connectivity index (χ3v) is 3.06. The second-order valence-corrected chi connectivity index (χ2v) is 4.47. The van der Waals surface area contributed by atoms with E-state index in [0.717, 1.165) is 5.56 Å². The minimum Gasteiger partial charge on any atom is -0.394 e. The van der Waals surface area contributed by atoms with Crippen LogP contribution in [0.15, 0.2) is 60.7 Å². The standard InChI is InChI=1S/C16H17NO3/c18-11-14(12-7-3-1-4-8-12)17-16(20)15(19)13-9-5-2-6-10-13/h1-10,14-15,18-19H,11H2,(H,17,20)/t14-,15+/m0/s1. The van der Waals surface area contributed by atoms with Crippen molar-refractivity contribution in [3.63, 3.8) is 0 Å². The topological polar surface area (TPSA) is 69.6 Å². The first-order valence-corrected chi connectivity index (χ1v) is 6.41. The minimum absolute atomic E-state index is 0.225. The summed E-state index contributed by atoms with van der Waals surface area (Å²) in [5.41, 5.74) is 1.32. The van der Waals surface area contributed by atoms with Crippen LogP contribution in [0, 0.1) is 0 Å². The molecule has 0 saturated carbocycles. The summed E-state index contributed by atoms with van der Waals surface area (Å²) in [5.74, 6) is -0.529. The summed E-state index contributed by atoms with van der Waals surface area (Å²) >= 11 is 0. The number of benzene rings is 2. The van der Waals surface area contributed by atoms with Gasteiger partial charge in [-0.1, -0.05) is 60.7 Å². The Bertz CT molecular complexity index is 542. The van der Waals surface area contributed by atoms with Crippen LogP contribution in [0.3, 0.4) is 0 Å². The third-order valence-electron chi connectivity index (χ3n) is 3.06. The van der Waals surface area contributed by atoms with Crippen LogP contribution in [-0.4, -0.2) is 22.7 Å². The molecular formula is C16H17NO3. The summed E-state index contributed by atoms with van der Waals surface area (Å²) in [5, 5.41) is 22.0. The lowest BCUT2D eigenvalue weighted by Crippen LogP contribution is -2.34. The van der Waals surface area contributed by atoms with Crippen LogP contribution < -0.4 is 5.32 Å². The fraction of sp³-hybridized carbons (Fsp3) is 0.188. The Balaban J connectivity index is 2.06. The molecule has 0 aliphatic carbocycles. The Morgan fingerprint density at radius 1 is 0.950 bits per heavy atom. The molecule has 20 heavy (non-hydrogen) atoms. The number of hydrogen-bond acceptors (Lipinski definition) is 3. The first-order valence-electron chi connectivity index (χ1n) is 6.41. The number of carbonyl (C=O) groups excluding carboxylic acids is 1. The van der Waals surface area contributed by atoms with Gasteiger partial charge >= 0.3 is 0 Å². The molecule has 0 fully saturated rings. The minimum atomic E-state index is -1.24. The number of aliphatic hydroxyl groups is 2. The van der Waals surface area contributed by atoms with Crippen molar-refractivity contribution < 1.29 is 15.0 Å². The quantitative estimate of drug-likeness (QED) is 0.773. The predicted octanol–water partition coefficient (Wildman–Crippen LogP) is 1.57. The number of amides is 1. The van der Waals surface area contributed by atoms with Gasteiger partial charge in [-0.2, -0.15) is 0 Å². The maximum absolute atomic E-state index is 12.0. The lowest BCUT2D eigenvalue weighted by Gasteiger charge is -2.19. The smallest absolute Gasteiger partial charge is 0.254 e. The first-order chi connectivity index (χ1) is 9.72. The molecule has 0 unspecified atom stereocenters. The highest BCUT2D eigenvalue weighted by Crippen LogP contribution is 2.16. The van der Waals surface area contributed by atoms with E-state index in [0.29, 0.717) is 5.56 Å². The molecule has 2 rings (SSSR count). The zero-order valence-electron chi connectivity index (χ0n) is 10.9. The number of aliphatic hydroxyl groups excluding tert-OH is 2. The molecule has 0 aromatic heterocycles. The largest absolute Gasteiger partial charge is 0.394 e. The van der Waals surface area contributed by atoms with Crippen molar-refractivity contribution in [2.75, 3.05) is 6.61 Å². The number of carbonyl (C=O) groups is 1. The van der Waals surface area contributed by atoms with Crippen molar-refractivity contribution in [3.05, 3.63) is 71.8 Å². The molecule has 3 N–H and O–H groups in total. The van der Waals surface area contributed by atoms with Crippen LogP contribution in [0.4, 0.5) is 0 Å². The molecule has 2 aromatic rings. The van der Waals surface area contributed by atoms with Crippen molar-refractivity contribution in [3.8, 4) is 0 Å². The normalized spacial score (nSPS) is 13.5. The molecule has 0 radical (unpaired) electrons. The van der Waals surface area contributed by atoms with Gasteiger partial charge in [0.05, 0.1) is 12.6 Å². The van der Waals surface area contributed by atoms with Crippen LogP contribution in [0.25, 0.3) is 0 Å². The molecule has 0 aliphatic heterocycles. The monoisotopic (exact) mass is 271 g/mol. The van der Waals surface area contributed by atoms with E-state index in [1.807, 2.05) is 36.4 Å². The van der Waals surface area contributed by atoms with Gasteiger partial charge in [0.15, 0.2) is 6.10 Å². The van der Waals surface area contributed by atoms with Gasteiger partial charge in [0.2, 0.25) is 0 Å². The van der Waals surface area contributed by atoms with Gasteiger partial charge in [0.25, 0.3) is 5.91 Å². The van der Waals surface area contributed by atoms with E-state index in [4.69, 9.17) is 0 Å². The number of nitrogens with one attached hydrogen (secondary N) is 1. The summed E-state index contributed by atoms with van der Waals surface area (Å²) in [4.78, 5) is 12.0. The molecule has 1 amide bonds. The molecule has 0 spiro atoms. The Morgan fingerprint density at radius 2 is 1.45 bits per heavy atom. The van der Waals surface area contributed by atoms with Crippen molar-refractivity contribution in [1.82, 2.24) is 5.32 Å². The van der Waals surface area contributed by atoms with Gasteiger partial charge in [-0.25, -0.2) is 0 Å². The number of hydrogen-bond donors (Lipinski definition) is 3. The van der Waals surface area contributed by atoms with Crippen molar-refractivity contribution >= 4 is 5.91 Å². The molecule has 0 bridgehead atoms. The van der Waals surface area contributed by atoms with E-state index in [1.54, 1.807) is 24.3 Å². The molecule has 2 aromatic carbocycles. The average molecular weight is 271 g/mol. The maximum atomic E-state index is 12.0. The highest BCUT2D eigenvalue weighted by Gasteiger charge is 2.21. The summed E-state index contributed by atoms with van der Waals surface area (Å²) in [6.07, 6.45) is -1.24. The molecular weight excluding hydrogens is 254 g/mol. The van der Waals surface area contributed by atoms with E-state index >= 15 is 0 Å². The van der Waals surface area contributed by atoms with E-state index < -0.39 is 18.1 Å². The zero-order chi connectivity index (χ0) is 14.4. The Hall–Kier alpha value is -2.17. The summed E-state index contributed by atoms with van der Waals surface area (Å²) in [6.45, 7) is -0.225. The molecule has 0 saturated heterocycles. The van der Waals surface area contributed by atoms with Crippen LogP contribution >= 0.6 is 0 Å². The van der Waals surface area contributed by atoms with Gasteiger partial charge in [-0.3, -0.25) is 4.79 Å². The highest BCUT2D eigenvalue weighted by molar-refractivity contribution is 5.82. The molecule has 104 valence electrons. The van der Waals surface area contributed by atoms with Crippen molar-refractivity contribution in [1.29, 1.82) is 0 Å². The molecule has 4 heteroatoms. The van der Waals surface area contributed by atoms with E-state index in [-0.39, 0.29) is 6.61 Å². The Labute approximate surface area is 117 Å². The summed E-state index contributed by atoms with van der Waals surface area (Å²) in [6, 6.07) is 17.3. The Kier molecular flexibility index (Phi) is 4.87. The summed E-state index contributed by atoms with van der Waals surface area (Å²) in [7, 11) is 0. The van der Waals surface area contributed by atoms with Gasteiger partial charge < -0.3 is 15.5 Å². The highest BCUT2D eigenvalue weighted by atomic mass is 16.3. The van der Waals surface area contributed by atoms with Crippen molar-refractivity contribution in [2.45, 2.75) is 12.1 Å². The van der Waals surface area contributed by atoms with E-state index in [1.165, 1.54) is 0 Å². The summed E-state index contributed by atoms with van der Waals surface area (Å²) < 4.78 is 0. The molecule has 0 aliphatic rings. The van der Waals surface area contributed by atoms with Gasteiger partial charge in [0.1, 0.15) is 0 Å². The molecule has 4 nitrogen and oxygen atoms in total. The molecule has 2 atom stereocenters. The lowest BCUT2D eigenvalue weighted by molar-refractivity contribution is -0.130. The number of rotatable bonds is 5. The first kappa shape index (κ1) is 14.2. The average Bonchev–Trinajstić information content (AvgIpc) is 2.53. The zero-order valence-corrected chi connectivity index (χ0v) is 10.9.